The van der Waals surface area contributed by atoms with Gasteiger partial charge in [0.05, 0.1) is 24.7 Å². The molecule has 0 aromatic heterocycles. The summed E-state index contributed by atoms with van der Waals surface area (Å²) in [5.74, 6) is -2.18. The molecule has 0 aliphatic heterocycles. The molecule has 0 spiro atoms. The van der Waals surface area contributed by atoms with Crippen molar-refractivity contribution in [3.05, 3.63) is 35.4 Å². The SMILES string of the molecule is N#Cc1cccc(CN(CC(=O)O)CC(=O)O)c1. The molecule has 1 aromatic carbocycles. The third-order valence-electron chi connectivity index (χ3n) is 2.18. The monoisotopic (exact) mass is 248 g/mol. The molecule has 2 N–H and O–H groups in total. The predicted octanol–water partition coefficient (Wildman–Crippen LogP) is 0.529. The molecular weight excluding hydrogens is 236 g/mol. The van der Waals surface area contributed by atoms with Crippen molar-refractivity contribution in [1.82, 2.24) is 4.90 Å². The van der Waals surface area contributed by atoms with E-state index in [-0.39, 0.29) is 19.6 Å². The number of aliphatic carboxylic acids is 2. The van der Waals surface area contributed by atoms with Crippen LogP contribution in [0.2, 0.25) is 0 Å². The summed E-state index contributed by atoms with van der Waals surface area (Å²) < 4.78 is 0. The largest absolute Gasteiger partial charge is 0.480 e. The Hall–Kier alpha value is -2.39. The van der Waals surface area contributed by atoms with Gasteiger partial charge in [-0.05, 0) is 17.7 Å². The van der Waals surface area contributed by atoms with Crippen molar-refractivity contribution in [2.75, 3.05) is 13.1 Å². The van der Waals surface area contributed by atoms with Gasteiger partial charge in [-0.15, -0.1) is 0 Å². The summed E-state index contributed by atoms with van der Waals surface area (Å²) in [5.41, 5.74) is 1.16. The number of carboxylic acids is 2. The van der Waals surface area contributed by atoms with E-state index in [0.29, 0.717) is 11.1 Å². The standard InChI is InChI=1S/C12H12N2O4/c13-5-9-2-1-3-10(4-9)6-14(7-11(15)16)8-12(17)18/h1-4H,6-8H2,(H,15,16)(H,17,18). The smallest absolute Gasteiger partial charge is 0.317 e. The lowest BCUT2D eigenvalue weighted by atomic mass is 10.1. The highest BCUT2D eigenvalue weighted by atomic mass is 16.4. The van der Waals surface area contributed by atoms with Crippen LogP contribution in [0.3, 0.4) is 0 Å². The lowest BCUT2D eigenvalue weighted by molar-refractivity contribution is -0.142. The fraction of sp³-hybridized carbons (Fsp3) is 0.250. The molecule has 0 atom stereocenters. The first-order valence-electron chi connectivity index (χ1n) is 5.16. The van der Waals surface area contributed by atoms with Crippen molar-refractivity contribution in [1.29, 1.82) is 5.26 Å². The van der Waals surface area contributed by atoms with Crippen LogP contribution >= 0.6 is 0 Å². The fourth-order valence-corrected chi connectivity index (χ4v) is 1.55. The van der Waals surface area contributed by atoms with Gasteiger partial charge in [0, 0.05) is 6.54 Å². The molecule has 6 nitrogen and oxygen atoms in total. The lowest BCUT2D eigenvalue weighted by Crippen LogP contribution is -2.33. The van der Waals surface area contributed by atoms with Gasteiger partial charge in [0.25, 0.3) is 0 Å². The molecule has 0 radical (unpaired) electrons. The van der Waals surface area contributed by atoms with Crippen LogP contribution in [0.15, 0.2) is 24.3 Å². The number of nitrogens with zero attached hydrogens (tertiary/aromatic N) is 2. The van der Waals surface area contributed by atoms with Crippen molar-refractivity contribution >= 4 is 11.9 Å². The first kappa shape index (κ1) is 13.7. The summed E-state index contributed by atoms with van der Waals surface area (Å²) in [6.07, 6.45) is 0. The molecule has 0 saturated heterocycles. The van der Waals surface area contributed by atoms with E-state index >= 15 is 0 Å². The van der Waals surface area contributed by atoms with E-state index in [1.807, 2.05) is 6.07 Å². The van der Waals surface area contributed by atoms with E-state index in [9.17, 15) is 9.59 Å². The first-order chi connectivity index (χ1) is 8.51. The van der Waals surface area contributed by atoms with Crippen molar-refractivity contribution in [2.45, 2.75) is 6.54 Å². The third kappa shape index (κ3) is 4.63. The Kier molecular flexibility index (Phi) is 4.84. The lowest BCUT2D eigenvalue weighted by Gasteiger charge is -2.17. The summed E-state index contributed by atoms with van der Waals surface area (Å²) in [6, 6.07) is 8.60. The zero-order valence-electron chi connectivity index (χ0n) is 9.54. The van der Waals surface area contributed by atoms with Gasteiger partial charge >= 0.3 is 11.9 Å². The highest BCUT2D eigenvalue weighted by molar-refractivity contribution is 5.72. The van der Waals surface area contributed by atoms with E-state index in [1.54, 1.807) is 24.3 Å². The molecule has 1 aromatic rings. The van der Waals surface area contributed by atoms with E-state index in [0.717, 1.165) is 0 Å². The molecule has 0 saturated carbocycles. The first-order valence-corrected chi connectivity index (χ1v) is 5.16. The topological polar surface area (TPSA) is 102 Å². The van der Waals surface area contributed by atoms with Crippen molar-refractivity contribution in [3.8, 4) is 6.07 Å². The molecule has 94 valence electrons. The van der Waals surface area contributed by atoms with Gasteiger partial charge in [0.15, 0.2) is 0 Å². The van der Waals surface area contributed by atoms with Gasteiger partial charge in [-0.25, -0.2) is 0 Å². The summed E-state index contributed by atoms with van der Waals surface area (Å²) in [6.45, 7) is -0.541. The van der Waals surface area contributed by atoms with Crippen LogP contribution in [0.4, 0.5) is 0 Å². The predicted molar refractivity (Wildman–Crippen MR) is 61.7 cm³/mol. The summed E-state index contributed by atoms with van der Waals surface area (Å²) in [5, 5.41) is 26.1. The average molecular weight is 248 g/mol. The van der Waals surface area contributed by atoms with Gasteiger partial charge in [-0.3, -0.25) is 14.5 Å². The summed E-state index contributed by atoms with van der Waals surface area (Å²) >= 11 is 0. The minimum atomic E-state index is -1.09. The molecule has 1 rings (SSSR count). The molecule has 0 aliphatic rings. The molecule has 0 fully saturated rings. The molecule has 18 heavy (non-hydrogen) atoms. The maximum Gasteiger partial charge on any atom is 0.317 e. The number of benzene rings is 1. The van der Waals surface area contributed by atoms with Crippen molar-refractivity contribution in [3.63, 3.8) is 0 Å². The van der Waals surface area contributed by atoms with Crippen LogP contribution in [0, 0.1) is 11.3 Å². The van der Waals surface area contributed by atoms with Crippen LogP contribution in [-0.2, 0) is 16.1 Å². The normalized spacial score (nSPS) is 10.0. The molecular formula is C12H12N2O4. The minimum absolute atomic E-state index is 0.175. The molecule has 0 unspecified atom stereocenters. The Morgan fingerprint density at radius 1 is 1.22 bits per heavy atom. The number of hydrogen-bond acceptors (Lipinski definition) is 4. The Morgan fingerprint density at radius 3 is 2.33 bits per heavy atom. The number of carboxylic acid groups (broad SMARTS) is 2. The summed E-state index contributed by atoms with van der Waals surface area (Å²) in [4.78, 5) is 22.5. The second-order valence-corrected chi connectivity index (χ2v) is 3.74. The molecule has 0 amide bonds. The number of carbonyl (C=O) groups is 2. The highest BCUT2D eigenvalue weighted by Crippen LogP contribution is 2.07. The fourth-order valence-electron chi connectivity index (χ4n) is 1.55. The van der Waals surface area contributed by atoms with Crippen molar-refractivity contribution < 1.29 is 19.8 Å². The van der Waals surface area contributed by atoms with E-state index in [2.05, 4.69) is 0 Å². The summed E-state index contributed by atoms with van der Waals surface area (Å²) in [7, 11) is 0. The number of hydrogen-bond donors (Lipinski definition) is 2. The second-order valence-electron chi connectivity index (χ2n) is 3.74. The number of rotatable bonds is 6. The maximum absolute atomic E-state index is 10.6. The average Bonchev–Trinajstić information content (AvgIpc) is 2.27. The van der Waals surface area contributed by atoms with E-state index in [4.69, 9.17) is 15.5 Å². The zero-order chi connectivity index (χ0) is 13.5. The Balaban J connectivity index is 2.78. The Labute approximate surface area is 104 Å². The second kappa shape index (κ2) is 6.37. The molecule has 6 heteroatoms. The Bertz CT molecular complexity index is 477. The van der Waals surface area contributed by atoms with Gasteiger partial charge < -0.3 is 10.2 Å². The zero-order valence-corrected chi connectivity index (χ0v) is 9.54. The molecule has 0 aliphatic carbocycles. The van der Waals surface area contributed by atoms with Gasteiger partial charge in [-0.1, -0.05) is 12.1 Å². The molecule has 0 bridgehead atoms. The quantitative estimate of drug-likeness (QED) is 0.761. The van der Waals surface area contributed by atoms with Crippen LogP contribution in [0.5, 0.6) is 0 Å². The van der Waals surface area contributed by atoms with E-state index < -0.39 is 11.9 Å². The third-order valence-corrected chi connectivity index (χ3v) is 2.18. The van der Waals surface area contributed by atoms with Crippen LogP contribution in [-0.4, -0.2) is 40.1 Å². The van der Waals surface area contributed by atoms with Crippen molar-refractivity contribution in [2.24, 2.45) is 0 Å². The van der Waals surface area contributed by atoms with Gasteiger partial charge in [0.2, 0.25) is 0 Å². The van der Waals surface area contributed by atoms with Gasteiger partial charge in [-0.2, -0.15) is 5.26 Å². The maximum atomic E-state index is 10.6. The molecule has 0 heterocycles. The van der Waals surface area contributed by atoms with Crippen LogP contribution in [0.1, 0.15) is 11.1 Å². The van der Waals surface area contributed by atoms with Gasteiger partial charge in [0.1, 0.15) is 0 Å². The Morgan fingerprint density at radius 2 is 1.83 bits per heavy atom. The highest BCUT2D eigenvalue weighted by Gasteiger charge is 2.13. The number of nitriles is 1. The van der Waals surface area contributed by atoms with Crippen LogP contribution in [0.25, 0.3) is 0 Å². The van der Waals surface area contributed by atoms with Crippen LogP contribution < -0.4 is 0 Å². The van der Waals surface area contributed by atoms with E-state index in [1.165, 1.54) is 4.90 Å². The minimum Gasteiger partial charge on any atom is -0.480 e.